The Hall–Kier alpha value is -4.45. The predicted molar refractivity (Wildman–Crippen MR) is 165 cm³/mol. The third-order valence-electron chi connectivity index (χ3n) is 7.44. The lowest BCUT2D eigenvalue weighted by Crippen LogP contribution is -2.26. The van der Waals surface area contributed by atoms with Gasteiger partial charge in [-0.15, -0.1) is 0 Å². The Bertz CT molecular complexity index is 1590. The van der Waals surface area contributed by atoms with E-state index < -0.39 is 23.3 Å². The van der Waals surface area contributed by atoms with Gasteiger partial charge in [-0.05, 0) is 111 Å². The molecule has 42 heavy (non-hydrogen) atoms. The lowest BCUT2D eigenvalue weighted by molar-refractivity contribution is -0.143. The number of carbonyl (C=O) groups is 3. The number of aryl methyl sites for hydroxylation is 3. The summed E-state index contributed by atoms with van der Waals surface area (Å²) >= 11 is 0. The third-order valence-corrected chi connectivity index (χ3v) is 7.44. The second kappa shape index (κ2) is 12.2. The Kier molecular flexibility index (Phi) is 8.86. The maximum Gasteiger partial charge on any atom is 0.338 e. The monoisotopic (exact) mass is 566 g/mol. The lowest BCUT2D eigenvalue weighted by atomic mass is 9.90. The molecule has 0 aliphatic heterocycles. The van der Waals surface area contributed by atoms with E-state index in [-0.39, 0.29) is 23.0 Å². The standard InChI is InChI=1S/C36H38O6/c1-9-33(37)40-20-27-11-10-24-18-25(12-14-28(24)27)29-16-23(5)30(17-22(29)4)26-13-15-31(41-34(38)21(2)3)32(19-26)42-35(39)36(6,7)8/h9,12-19,27H,1-2,10-11,20H2,3-8H3. The number of ether oxygens (including phenoxy) is 3. The van der Waals surface area contributed by atoms with Crippen molar-refractivity contribution >= 4 is 17.9 Å². The fraction of sp³-hybridized carbons (Fsp3) is 0.306. The summed E-state index contributed by atoms with van der Waals surface area (Å²) in [5.41, 5.74) is 8.22. The van der Waals surface area contributed by atoms with Crippen LogP contribution in [0.4, 0.5) is 0 Å². The average molecular weight is 567 g/mol. The topological polar surface area (TPSA) is 78.9 Å². The summed E-state index contributed by atoms with van der Waals surface area (Å²) in [6, 6.07) is 16.0. The van der Waals surface area contributed by atoms with Gasteiger partial charge in [0, 0.05) is 17.6 Å². The van der Waals surface area contributed by atoms with Gasteiger partial charge >= 0.3 is 17.9 Å². The van der Waals surface area contributed by atoms with Crippen molar-refractivity contribution in [3.8, 4) is 33.8 Å². The van der Waals surface area contributed by atoms with E-state index >= 15 is 0 Å². The molecule has 6 nitrogen and oxygen atoms in total. The molecular weight excluding hydrogens is 528 g/mol. The van der Waals surface area contributed by atoms with Crippen LogP contribution in [0.3, 0.4) is 0 Å². The van der Waals surface area contributed by atoms with Gasteiger partial charge in [0.05, 0.1) is 12.0 Å². The highest BCUT2D eigenvalue weighted by Gasteiger charge is 2.27. The summed E-state index contributed by atoms with van der Waals surface area (Å²) in [6.07, 6.45) is 3.08. The fourth-order valence-corrected chi connectivity index (χ4v) is 5.01. The molecule has 0 saturated heterocycles. The van der Waals surface area contributed by atoms with Gasteiger partial charge in [-0.1, -0.05) is 49.6 Å². The molecule has 218 valence electrons. The van der Waals surface area contributed by atoms with Crippen molar-refractivity contribution in [2.75, 3.05) is 6.61 Å². The first-order valence-corrected chi connectivity index (χ1v) is 14.1. The average Bonchev–Trinajstić information content (AvgIpc) is 3.35. The minimum absolute atomic E-state index is 0.158. The van der Waals surface area contributed by atoms with E-state index in [1.807, 2.05) is 13.0 Å². The SMILES string of the molecule is C=CC(=O)OCC1CCc2cc(-c3cc(C)c(-c4ccc(OC(=O)C(=C)C)c(OC(=O)C(C)(C)C)c4)cc3C)ccc21. The Labute approximate surface area is 248 Å². The number of hydrogen-bond donors (Lipinski definition) is 0. The molecule has 0 N–H and O–H groups in total. The zero-order valence-electron chi connectivity index (χ0n) is 25.3. The number of esters is 3. The molecular formula is C36H38O6. The first kappa shape index (κ1) is 30.5. The minimum atomic E-state index is -0.744. The van der Waals surface area contributed by atoms with Crippen LogP contribution < -0.4 is 9.47 Å². The highest BCUT2D eigenvalue weighted by molar-refractivity contribution is 5.90. The third kappa shape index (κ3) is 6.71. The smallest absolute Gasteiger partial charge is 0.338 e. The van der Waals surface area contributed by atoms with Crippen LogP contribution in [0.25, 0.3) is 22.3 Å². The Morgan fingerprint density at radius 1 is 0.905 bits per heavy atom. The second-order valence-electron chi connectivity index (χ2n) is 11.9. The van der Waals surface area contributed by atoms with Crippen molar-refractivity contribution in [1.29, 1.82) is 0 Å². The highest BCUT2D eigenvalue weighted by Crippen LogP contribution is 2.40. The van der Waals surface area contributed by atoms with Crippen LogP contribution in [0.5, 0.6) is 11.5 Å². The van der Waals surface area contributed by atoms with Crippen LogP contribution in [0.15, 0.2) is 73.3 Å². The quantitative estimate of drug-likeness (QED) is 0.157. The molecule has 6 heteroatoms. The lowest BCUT2D eigenvalue weighted by Gasteiger charge is -2.19. The summed E-state index contributed by atoms with van der Waals surface area (Å²) < 4.78 is 16.5. The second-order valence-corrected chi connectivity index (χ2v) is 11.9. The van der Waals surface area contributed by atoms with Crippen LogP contribution in [0.2, 0.25) is 0 Å². The number of rotatable bonds is 8. The Morgan fingerprint density at radius 3 is 2.12 bits per heavy atom. The van der Waals surface area contributed by atoms with Crippen LogP contribution in [-0.2, 0) is 25.5 Å². The Balaban J connectivity index is 1.66. The summed E-state index contributed by atoms with van der Waals surface area (Å²) in [7, 11) is 0. The largest absolute Gasteiger partial charge is 0.462 e. The summed E-state index contributed by atoms with van der Waals surface area (Å²) in [4.78, 5) is 36.5. The van der Waals surface area contributed by atoms with Gasteiger partial charge in [-0.25, -0.2) is 9.59 Å². The molecule has 3 aromatic rings. The van der Waals surface area contributed by atoms with E-state index in [9.17, 15) is 14.4 Å². The first-order chi connectivity index (χ1) is 19.8. The van der Waals surface area contributed by atoms with Crippen LogP contribution >= 0.6 is 0 Å². The van der Waals surface area contributed by atoms with Gasteiger partial charge in [0.25, 0.3) is 0 Å². The number of hydrogen-bond acceptors (Lipinski definition) is 6. The molecule has 3 aromatic carbocycles. The maximum atomic E-state index is 12.8. The fourth-order valence-electron chi connectivity index (χ4n) is 5.01. The summed E-state index contributed by atoms with van der Waals surface area (Å²) in [6.45, 7) is 18.4. The molecule has 0 bridgehead atoms. The number of fused-ring (bicyclic) bond motifs is 1. The van der Waals surface area contributed by atoms with E-state index in [0.717, 1.165) is 46.2 Å². The van der Waals surface area contributed by atoms with Crippen molar-refractivity contribution in [3.63, 3.8) is 0 Å². The van der Waals surface area contributed by atoms with Crippen molar-refractivity contribution in [2.24, 2.45) is 5.41 Å². The van der Waals surface area contributed by atoms with Crippen molar-refractivity contribution in [3.05, 3.63) is 95.6 Å². The normalized spacial score (nSPS) is 14.1. The van der Waals surface area contributed by atoms with E-state index in [0.29, 0.717) is 6.61 Å². The van der Waals surface area contributed by atoms with E-state index in [4.69, 9.17) is 14.2 Å². The van der Waals surface area contributed by atoms with Crippen LogP contribution in [-0.4, -0.2) is 24.5 Å². The van der Waals surface area contributed by atoms with Gasteiger partial charge in [0.15, 0.2) is 11.5 Å². The first-order valence-electron chi connectivity index (χ1n) is 14.1. The zero-order valence-corrected chi connectivity index (χ0v) is 25.3. The van der Waals surface area contributed by atoms with Gasteiger partial charge in [0.2, 0.25) is 0 Å². The molecule has 0 amide bonds. The number of carbonyl (C=O) groups excluding carboxylic acids is 3. The highest BCUT2D eigenvalue weighted by atomic mass is 16.6. The molecule has 1 atom stereocenters. The zero-order chi connectivity index (χ0) is 30.8. The molecule has 0 aromatic heterocycles. The molecule has 0 radical (unpaired) electrons. The van der Waals surface area contributed by atoms with Gasteiger partial charge < -0.3 is 14.2 Å². The minimum Gasteiger partial charge on any atom is -0.462 e. The van der Waals surface area contributed by atoms with Crippen LogP contribution in [0, 0.1) is 19.3 Å². The summed E-state index contributed by atoms with van der Waals surface area (Å²) in [5.74, 6) is -0.893. The number of benzene rings is 3. The van der Waals surface area contributed by atoms with E-state index in [1.54, 1.807) is 39.8 Å². The van der Waals surface area contributed by atoms with Gasteiger partial charge in [0.1, 0.15) is 0 Å². The predicted octanol–water partition coefficient (Wildman–Crippen LogP) is 7.83. The van der Waals surface area contributed by atoms with Gasteiger partial charge in [-0.3, -0.25) is 4.79 Å². The molecule has 0 fully saturated rings. The summed E-state index contributed by atoms with van der Waals surface area (Å²) in [5, 5.41) is 0. The Morgan fingerprint density at radius 2 is 1.52 bits per heavy atom. The molecule has 1 aliphatic rings. The maximum absolute atomic E-state index is 12.8. The van der Waals surface area contributed by atoms with Crippen molar-refractivity contribution < 1.29 is 28.6 Å². The molecule has 0 spiro atoms. The molecule has 1 unspecified atom stereocenters. The van der Waals surface area contributed by atoms with Crippen LogP contribution in [0.1, 0.15) is 62.3 Å². The van der Waals surface area contributed by atoms with Crippen molar-refractivity contribution in [1.82, 2.24) is 0 Å². The van der Waals surface area contributed by atoms with Crippen molar-refractivity contribution in [2.45, 2.75) is 60.3 Å². The molecule has 1 aliphatic carbocycles. The van der Waals surface area contributed by atoms with E-state index in [1.165, 1.54) is 17.2 Å². The van der Waals surface area contributed by atoms with Gasteiger partial charge in [-0.2, -0.15) is 0 Å². The molecule has 4 rings (SSSR count). The van der Waals surface area contributed by atoms with E-state index in [2.05, 4.69) is 50.4 Å². The molecule has 0 heterocycles. The molecule has 0 saturated carbocycles.